The Labute approximate surface area is 124 Å². The minimum atomic E-state index is -0.928. The zero-order valence-electron chi connectivity index (χ0n) is 12.7. The number of aromatic nitrogens is 1. The third kappa shape index (κ3) is 3.21. The summed E-state index contributed by atoms with van der Waals surface area (Å²) in [5.74, 6) is 1.13. The fourth-order valence-corrected chi connectivity index (χ4v) is 2.24. The Balaban J connectivity index is 2.34. The molecule has 0 saturated carbocycles. The molecule has 114 valence electrons. The van der Waals surface area contributed by atoms with Crippen molar-refractivity contribution in [2.24, 2.45) is 15.9 Å². The molecule has 1 aliphatic heterocycles. The van der Waals surface area contributed by atoms with Gasteiger partial charge in [0, 0.05) is 6.20 Å². The number of ether oxygens (including phenoxy) is 2. The van der Waals surface area contributed by atoms with Crippen molar-refractivity contribution < 1.29 is 14.6 Å². The summed E-state index contributed by atoms with van der Waals surface area (Å²) in [6.45, 7) is 4.07. The van der Waals surface area contributed by atoms with E-state index in [0.29, 0.717) is 17.5 Å². The Morgan fingerprint density at radius 1 is 1.05 bits per heavy atom. The minimum absolute atomic E-state index is 0.197. The van der Waals surface area contributed by atoms with Gasteiger partial charge in [-0.2, -0.15) is 0 Å². The van der Waals surface area contributed by atoms with Gasteiger partial charge < -0.3 is 14.6 Å². The van der Waals surface area contributed by atoms with Gasteiger partial charge in [-0.25, -0.2) is 9.98 Å². The van der Waals surface area contributed by atoms with E-state index in [1.54, 1.807) is 25.4 Å². The van der Waals surface area contributed by atoms with Gasteiger partial charge in [0.05, 0.1) is 19.9 Å². The molecular formula is C15H21N3O3. The largest absolute Gasteiger partial charge is 0.483 e. The van der Waals surface area contributed by atoms with Gasteiger partial charge in [-0.1, -0.05) is 19.9 Å². The van der Waals surface area contributed by atoms with Crippen molar-refractivity contribution in [3.63, 3.8) is 0 Å². The Bertz CT molecular complexity index is 528. The molecule has 3 atom stereocenters. The highest BCUT2D eigenvalue weighted by atomic mass is 16.5. The fourth-order valence-electron chi connectivity index (χ4n) is 2.24. The minimum Gasteiger partial charge on any atom is -0.483 e. The number of aliphatic hydroxyl groups excluding tert-OH is 1. The number of hydrogen-bond donors (Lipinski definition) is 1. The first-order valence-electron chi connectivity index (χ1n) is 6.90. The number of aliphatic hydroxyl groups is 1. The maximum absolute atomic E-state index is 10.5. The topological polar surface area (TPSA) is 76.3 Å². The molecule has 1 N–H and O–H groups in total. The van der Waals surface area contributed by atoms with Crippen molar-refractivity contribution in [3.05, 3.63) is 30.1 Å². The van der Waals surface area contributed by atoms with E-state index >= 15 is 0 Å². The summed E-state index contributed by atoms with van der Waals surface area (Å²) in [7, 11) is 3.09. The summed E-state index contributed by atoms with van der Waals surface area (Å²) in [5.41, 5.74) is 0.523. The predicted octanol–water partition coefficient (Wildman–Crippen LogP) is 1.61. The van der Waals surface area contributed by atoms with Gasteiger partial charge in [0.2, 0.25) is 11.8 Å². The number of nitrogens with zero attached hydrogens (tertiary/aromatic N) is 3. The van der Waals surface area contributed by atoms with Crippen LogP contribution >= 0.6 is 0 Å². The highest BCUT2D eigenvalue weighted by Crippen LogP contribution is 2.25. The molecule has 0 saturated heterocycles. The molecule has 0 unspecified atom stereocenters. The molecule has 6 nitrogen and oxygen atoms in total. The predicted molar refractivity (Wildman–Crippen MR) is 80.5 cm³/mol. The lowest BCUT2D eigenvalue weighted by molar-refractivity contribution is 0.151. The fraction of sp³-hybridized carbons (Fsp3) is 0.533. The second-order valence-corrected chi connectivity index (χ2v) is 5.18. The van der Waals surface area contributed by atoms with Crippen LogP contribution in [0.1, 0.15) is 25.6 Å². The highest BCUT2D eigenvalue weighted by Gasteiger charge is 2.35. The van der Waals surface area contributed by atoms with Crippen LogP contribution in [0.2, 0.25) is 0 Å². The lowest BCUT2D eigenvalue weighted by Gasteiger charge is -2.29. The van der Waals surface area contributed by atoms with Crippen molar-refractivity contribution in [2.45, 2.75) is 32.0 Å². The molecule has 0 aliphatic carbocycles. The van der Waals surface area contributed by atoms with E-state index in [9.17, 15) is 5.11 Å². The van der Waals surface area contributed by atoms with Crippen molar-refractivity contribution in [1.29, 1.82) is 0 Å². The van der Waals surface area contributed by atoms with Gasteiger partial charge >= 0.3 is 0 Å². The molecule has 0 radical (unpaired) electrons. The van der Waals surface area contributed by atoms with Gasteiger partial charge in [-0.3, -0.25) is 4.98 Å². The summed E-state index contributed by atoms with van der Waals surface area (Å²) in [4.78, 5) is 13.2. The van der Waals surface area contributed by atoms with Crippen molar-refractivity contribution in [2.75, 3.05) is 14.2 Å². The summed E-state index contributed by atoms with van der Waals surface area (Å²) in [6, 6.07) is 4.51. The summed E-state index contributed by atoms with van der Waals surface area (Å²) >= 11 is 0. The molecule has 1 aromatic rings. The normalized spacial score (nSPS) is 23.3. The van der Waals surface area contributed by atoms with Crippen molar-refractivity contribution in [3.8, 4) is 0 Å². The first-order valence-corrected chi connectivity index (χ1v) is 6.90. The molecule has 6 heteroatoms. The van der Waals surface area contributed by atoms with Crippen LogP contribution in [-0.4, -0.2) is 48.2 Å². The number of hydrogen-bond acceptors (Lipinski definition) is 6. The van der Waals surface area contributed by atoms with E-state index in [-0.39, 0.29) is 12.0 Å². The third-order valence-electron chi connectivity index (χ3n) is 3.38. The zero-order chi connectivity index (χ0) is 15.4. The highest BCUT2D eigenvalue weighted by molar-refractivity contribution is 5.94. The van der Waals surface area contributed by atoms with Crippen LogP contribution in [0.3, 0.4) is 0 Å². The van der Waals surface area contributed by atoms with E-state index in [2.05, 4.69) is 15.0 Å². The quantitative estimate of drug-likeness (QED) is 0.918. The van der Waals surface area contributed by atoms with Gasteiger partial charge in [-0.05, 0) is 18.1 Å². The molecule has 2 heterocycles. The second-order valence-electron chi connectivity index (χ2n) is 5.18. The second kappa shape index (κ2) is 6.67. The van der Waals surface area contributed by atoms with Gasteiger partial charge in [0.15, 0.2) is 6.04 Å². The third-order valence-corrected chi connectivity index (χ3v) is 3.38. The molecule has 2 rings (SSSR count). The van der Waals surface area contributed by atoms with Crippen LogP contribution in [0.15, 0.2) is 34.4 Å². The van der Waals surface area contributed by atoms with Crippen LogP contribution in [0.5, 0.6) is 0 Å². The molecule has 21 heavy (non-hydrogen) atoms. The van der Waals surface area contributed by atoms with Gasteiger partial charge in [0.25, 0.3) is 0 Å². The zero-order valence-corrected chi connectivity index (χ0v) is 12.7. The molecule has 0 fully saturated rings. The van der Waals surface area contributed by atoms with Crippen LogP contribution in [0.4, 0.5) is 0 Å². The Morgan fingerprint density at radius 2 is 1.67 bits per heavy atom. The summed E-state index contributed by atoms with van der Waals surface area (Å²) < 4.78 is 10.6. The van der Waals surface area contributed by atoms with Crippen LogP contribution in [-0.2, 0) is 9.47 Å². The molecule has 0 amide bonds. The lowest BCUT2D eigenvalue weighted by atomic mass is 10.0. The number of pyridine rings is 1. The Morgan fingerprint density at radius 3 is 2.19 bits per heavy atom. The first kappa shape index (κ1) is 15.4. The summed E-state index contributed by atoms with van der Waals surface area (Å²) in [6.07, 6.45) is 0.700. The van der Waals surface area contributed by atoms with Crippen LogP contribution in [0, 0.1) is 5.92 Å². The van der Waals surface area contributed by atoms with E-state index in [4.69, 9.17) is 9.47 Å². The average molecular weight is 291 g/mol. The molecule has 1 aliphatic rings. The smallest absolute Gasteiger partial charge is 0.212 e. The lowest BCUT2D eigenvalue weighted by Crippen LogP contribution is -2.40. The summed E-state index contributed by atoms with van der Waals surface area (Å²) in [5, 5.41) is 10.5. The number of aliphatic imine (C=N–C) groups is 2. The number of rotatable bonds is 3. The molecular weight excluding hydrogens is 270 g/mol. The van der Waals surface area contributed by atoms with E-state index in [1.165, 1.54) is 7.11 Å². The standard InChI is InChI=1S/C15H21N3O3/c1-9(2)11-14(20-3)18-12(15(17-11)21-4)13(19)10-7-5-6-8-16-10/h5-9,11-13,19H,1-4H3/t11-,12+,13+/m0/s1. The van der Waals surface area contributed by atoms with Gasteiger partial charge in [-0.15, -0.1) is 0 Å². The van der Waals surface area contributed by atoms with E-state index in [1.807, 2.05) is 19.9 Å². The van der Waals surface area contributed by atoms with Crippen LogP contribution in [0.25, 0.3) is 0 Å². The number of methoxy groups -OCH3 is 2. The molecule has 1 aromatic heterocycles. The maximum Gasteiger partial charge on any atom is 0.212 e. The van der Waals surface area contributed by atoms with Gasteiger partial charge in [0.1, 0.15) is 12.1 Å². The average Bonchev–Trinajstić information content (AvgIpc) is 2.53. The van der Waals surface area contributed by atoms with E-state index < -0.39 is 12.1 Å². The van der Waals surface area contributed by atoms with Crippen molar-refractivity contribution >= 4 is 11.8 Å². The van der Waals surface area contributed by atoms with E-state index in [0.717, 1.165) is 0 Å². The van der Waals surface area contributed by atoms with Crippen molar-refractivity contribution in [1.82, 2.24) is 4.98 Å². The first-order chi connectivity index (χ1) is 10.1. The maximum atomic E-state index is 10.5. The molecule has 0 bridgehead atoms. The van der Waals surface area contributed by atoms with Crippen LogP contribution < -0.4 is 0 Å². The Hall–Kier alpha value is -1.95. The monoisotopic (exact) mass is 291 g/mol. The SMILES string of the molecule is COC1=N[C@H]([C@H](O)c2ccccn2)C(OC)=N[C@H]1C(C)C. The molecule has 0 aromatic carbocycles. The Kier molecular flexibility index (Phi) is 4.90. The molecule has 0 spiro atoms.